The third-order valence-corrected chi connectivity index (χ3v) is 10.1. The topological polar surface area (TPSA) is 9.23 Å². The third-order valence-electron chi connectivity index (χ3n) is 10.1. The van der Waals surface area contributed by atoms with Gasteiger partial charge in [-0.25, -0.2) is 0 Å². The molecular formula is C48H30O. The van der Waals surface area contributed by atoms with Crippen molar-refractivity contribution in [1.29, 1.82) is 0 Å². The molecule has 1 aliphatic rings. The van der Waals surface area contributed by atoms with Gasteiger partial charge in [-0.2, -0.15) is 0 Å². The second-order valence-electron chi connectivity index (χ2n) is 12.8. The fraction of sp³-hybridized carbons (Fsp3) is 0. The van der Waals surface area contributed by atoms with Crippen molar-refractivity contribution in [2.24, 2.45) is 0 Å². The minimum atomic E-state index is 0.908. The molecule has 0 saturated heterocycles. The maximum absolute atomic E-state index is 6.46. The molecule has 0 fully saturated rings. The molecule has 0 amide bonds. The van der Waals surface area contributed by atoms with Crippen LogP contribution in [0.25, 0.3) is 88.0 Å². The van der Waals surface area contributed by atoms with Crippen LogP contribution >= 0.6 is 0 Å². The summed E-state index contributed by atoms with van der Waals surface area (Å²) in [6, 6.07) is 65.7. The number of benzene rings is 9. The van der Waals surface area contributed by atoms with Crippen molar-refractivity contribution in [1.82, 2.24) is 0 Å². The molecule has 0 radical (unpaired) electrons. The van der Waals surface area contributed by atoms with Gasteiger partial charge in [0, 0.05) is 10.9 Å². The zero-order valence-electron chi connectivity index (χ0n) is 26.7. The molecule has 0 aromatic heterocycles. The fourth-order valence-corrected chi connectivity index (χ4v) is 7.87. The lowest BCUT2D eigenvalue weighted by molar-refractivity contribution is 0.487. The summed E-state index contributed by atoms with van der Waals surface area (Å²) in [5, 5.41) is 7.36. The molecule has 9 aromatic rings. The van der Waals surface area contributed by atoms with E-state index in [1.54, 1.807) is 0 Å². The Labute approximate surface area is 285 Å². The molecule has 1 nitrogen and oxygen atoms in total. The highest BCUT2D eigenvalue weighted by molar-refractivity contribution is 6.24. The first kappa shape index (κ1) is 27.7. The van der Waals surface area contributed by atoms with E-state index in [1.165, 1.54) is 82.4 Å². The minimum Gasteiger partial charge on any atom is -0.456 e. The standard InChI is InChI=1S/C48H30O/c1-2-12-31(13-3-1)34-14-10-15-35(30-34)32-24-26-33(27-25-32)46-37-17-4-6-19-39(37)47(40-20-7-5-18-38(40)46)43-29-28-42-36-16-8-9-22-44(36)49-45-23-11-21-41(43)48(42)45/h1-30H. The monoisotopic (exact) mass is 622 g/mol. The van der Waals surface area contributed by atoms with E-state index in [9.17, 15) is 0 Å². The number of fused-ring (bicyclic) bond motifs is 4. The van der Waals surface area contributed by atoms with E-state index in [2.05, 4.69) is 176 Å². The van der Waals surface area contributed by atoms with Crippen molar-refractivity contribution < 1.29 is 4.74 Å². The van der Waals surface area contributed by atoms with Crippen LogP contribution in [0.1, 0.15) is 0 Å². The molecule has 0 spiro atoms. The largest absolute Gasteiger partial charge is 0.456 e. The Balaban J connectivity index is 1.16. The molecule has 0 aliphatic carbocycles. The quantitative estimate of drug-likeness (QED) is 0.177. The fourth-order valence-electron chi connectivity index (χ4n) is 7.87. The van der Waals surface area contributed by atoms with Crippen molar-refractivity contribution in [3.63, 3.8) is 0 Å². The number of hydrogen-bond donors (Lipinski definition) is 0. The first-order valence-corrected chi connectivity index (χ1v) is 16.8. The first-order chi connectivity index (χ1) is 24.3. The van der Waals surface area contributed by atoms with Crippen LogP contribution in [0.5, 0.6) is 11.5 Å². The maximum atomic E-state index is 6.46. The summed E-state index contributed by atoms with van der Waals surface area (Å²) >= 11 is 0. The lowest BCUT2D eigenvalue weighted by Gasteiger charge is -2.24. The van der Waals surface area contributed by atoms with Crippen LogP contribution in [0.4, 0.5) is 0 Å². The van der Waals surface area contributed by atoms with E-state index < -0.39 is 0 Å². The number of ether oxygens (including phenoxy) is 1. The van der Waals surface area contributed by atoms with Crippen LogP contribution in [0, 0.1) is 0 Å². The molecule has 1 heteroatoms. The molecule has 49 heavy (non-hydrogen) atoms. The molecule has 0 N–H and O–H groups in total. The van der Waals surface area contributed by atoms with Gasteiger partial charge in [0.05, 0.1) is 0 Å². The SMILES string of the molecule is c1ccc(-c2cccc(-c3ccc(-c4c5ccccc5c(-c5ccc6c7c(cccc57)Oc5ccccc5-6)c5ccccc45)cc3)c2)cc1. The average Bonchev–Trinajstić information content (AvgIpc) is 3.18. The highest BCUT2D eigenvalue weighted by Gasteiger charge is 2.23. The third kappa shape index (κ3) is 4.40. The van der Waals surface area contributed by atoms with Gasteiger partial charge in [-0.15, -0.1) is 0 Å². The molecule has 0 unspecified atom stereocenters. The summed E-state index contributed by atoms with van der Waals surface area (Å²) in [7, 11) is 0. The average molecular weight is 623 g/mol. The van der Waals surface area contributed by atoms with Crippen molar-refractivity contribution in [2.75, 3.05) is 0 Å². The van der Waals surface area contributed by atoms with Crippen molar-refractivity contribution in [3.05, 3.63) is 182 Å². The van der Waals surface area contributed by atoms with Gasteiger partial charge < -0.3 is 4.74 Å². The number of hydrogen-bond acceptors (Lipinski definition) is 1. The van der Waals surface area contributed by atoms with Crippen molar-refractivity contribution in [3.8, 4) is 67.1 Å². The van der Waals surface area contributed by atoms with Crippen molar-refractivity contribution in [2.45, 2.75) is 0 Å². The molecule has 0 bridgehead atoms. The molecule has 0 atom stereocenters. The Morgan fingerprint density at radius 1 is 0.265 bits per heavy atom. The van der Waals surface area contributed by atoms with Gasteiger partial charge in [0.15, 0.2) is 0 Å². The van der Waals surface area contributed by atoms with Gasteiger partial charge >= 0.3 is 0 Å². The Bertz CT molecular complexity index is 2660. The van der Waals surface area contributed by atoms with E-state index in [1.807, 2.05) is 6.07 Å². The van der Waals surface area contributed by atoms with E-state index in [-0.39, 0.29) is 0 Å². The van der Waals surface area contributed by atoms with Gasteiger partial charge in [0.1, 0.15) is 11.5 Å². The Morgan fingerprint density at radius 3 is 1.47 bits per heavy atom. The minimum absolute atomic E-state index is 0.908. The molecule has 9 aromatic carbocycles. The predicted octanol–water partition coefficient (Wildman–Crippen LogP) is 13.6. The van der Waals surface area contributed by atoms with Crippen LogP contribution in [0.15, 0.2) is 182 Å². The smallest absolute Gasteiger partial charge is 0.135 e. The first-order valence-electron chi connectivity index (χ1n) is 16.8. The highest BCUT2D eigenvalue weighted by Crippen LogP contribution is 2.51. The molecule has 1 heterocycles. The summed E-state index contributed by atoms with van der Waals surface area (Å²) in [4.78, 5) is 0. The van der Waals surface area contributed by atoms with Crippen LogP contribution < -0.4 is 4.74 Å². The van der Waals surface area contributed by atoms with E-state index in [0.29, 0.717) is 0 Å². The van der Waals surface area contributed by atoms with Gasteiger partial charge in [-0.1, -0.05) is 164 Å². The summed E-state index contributed by atoms with van der Waals surface area (Å²) < 4.78 is 6.46. The molecule has 1 aliphatic heterocycles. The molecule has 10 rings (SSSR count). The van der Waals surface area contributed by atoms with E-state index in [0.717, 1.165) is 17.1 Å². The van der Waals surface area contributed by atoms with Crippen LogP contribution in [0.2, 0.25) is 0 Å². The van der Waals surface area contributed by atoms with Gasteiger partial charge in [0.25, 0.3) is 0 Å². The maximum Gasteiger partial charge on any atom is 0.135 e. The predicted molar refractivity (Wildman–Crippen MR) is 206 cm³/mol. The Hall–Kier alpha value is -6.44. The lowest BCUT2D eigenvalue weighted by atomic mass is 9.83. The summed E-state index contributed by atoms with van der Waals surface area (Å²) in [6.45, 7) is 0. The summed E-state index contributed by atoms with van der Waals surface area (Å²) in [6.07, 6.45) is 0. The summed E-state index contributed by atoms with van der Waals surface area (Å²) in [5.74, 6) is 1.82. The van der Waals surface area contributed by atoms with E-state index >= 15 is 0 Å². The molecular weight excluding hydrogens is 593 g/mol. The van der Waals surface area contributed by atoms with Gasteiger partial charge in [-0.05, 0) is 95.2 Å². The zero-order valence-corrected chi connectivity index (χ0v) is 26.7. The Kier molecular flexibility index (Phi) is 6.25. The highest BCUT2D eigenvalue weighted by atomic mass is 16.5. The van der Waals surface area contributed by atoms with Crippen LogP contribution in [0.3, 0.4) is 0 Å². The van der Waals surface area contributed by atoms with Crippen LogP contribution in [-0.4, -0.2) is 0 Å². The van der Waals surface area contributed by atoms with Gasteiger partial charge in [-0.3, -0.25) is 0 Å². The zero-order chi connectivity index (χ0) is 32.3. The van der Waals surface area contributed by atoms with Gasteiger partial charge in [0.2, 0.25) is 0 Å². The normalized spacial score (nSPS) is 11.8. The number of rotatable bonds is 4. The molecule has 228 valence electrons. The second-order valence-corrected chi connectivity index (χ2v) is 12.8. The van der Waals surface area contributed by atoms with Crippen LogP contribution in [-0.2, 0) is 0 Å². The lowest BCUT2D eigenvalue weighted by Crippen LogP contribution is -1.98. The molecule has 0 saturated carbocycles. The van der Waals surface area contributed by atoms with Crippen molar-refractivity contribution >= 4 is 32.3 Å². The van der Waals surface area contributed by atoms with E-state index in [4.69, 9.17) is 4.74 Å². The Morgan fingerprint density at radius 2 is 0.755 bits per heavy atom. The second kappa shape index (κ2) is 11.1. The number of para-hydroxylation sites is 1. The summed E-state index contributed by atoms with van der Waals surface area (Å²) in [5.41, 5.74) is 12.2.